The molecule has 0 aliphatic heterocycles. The average Bonchev–Trinajstić information content (AvgIpc) is 2.39. The lowest BCUT2D eigenvalue weighted by Gasteiger charge is -2.17. The van der Waals surface area contributed by atoms with Gasteiger partial charge in [-0.2, -0.15) is 13.2 Å². The number of carbonyl (C=O) groups is 2. The van der Waals surface area contributed by atoms with Crippen molar-refractivity contribution in [1.82, 2.24) is 5.32 Å². The number of carboxylic acid groups (broad SMARTS) is 1. The van der Waals surface area contributed by atoms with Gasteiger partial charge in [-0.05, 0) is 37.3 Å². The summed E-state index contributed by atoms with van der Waals surface area (Å²) in [7, 11) is 0. The Balaban J connectivity index is 2.64. The minimum absolute atomic E-state index is 0.0364. The number of rotatable bonds is 7. The van der Waals surface area contributed by atoms with E-state index < -0.39 is 24.1 Å². The normalized spacial score (nSPS) is 12.7. The summed E-state index contributed by atoms with van der Waals surface area (Å²) in [6.45, 7) is 1.50. The van der Waals surface area contributed by atoms with E-state index in [-0.39, 0.29) is 12.8 Å². The van der Waals surface area contributed by atoms with E-state index in [1.807, 2.05) is 11.4 Å². The second-order valence-electron chi connectivity index (χ2n) is 5.09. The summed E-state index contributed by atoms with van der Waals surface area (Å²) >= 11 is 0. The number of aliphatic carboxylic acids is 1. The van der Waals surface area contributed by atoms with Gasteiger partial charge in [-0.25, -0.2) is 0 Å². The molecule has 1 rings (SSSR count). The Bertz CT molecular complexity index is 529. The summed E-state index contributed by atoms with van der Waals surface area (Å²) in [5.74, 6) is -2.84. The van der Waals surface area contributed by atoms with E-state index >= 15 is 0 Å². The van der Waals surface area contributed by atoms with Crippen LogP contribution in [0.5, 0.6) is 0 Å². The average molecular weight is 317 g/mol. The molecular weight excluding hydrogens is 299 g/mol. The first-order valence-corrected chi connectivity index (χ1v) is 6.86. The quantitative estimate of drug-likeness (QED) is 0.812. The maximum atomic E-state index is 12.2. The fourth-order valence-electron chi connectivity index (χ4n) is 2.12. The molecule has 0 heterocycles. The van der Waals surface area contributed by atoms with Crippen molar-refractivity contribution in [2.75, 3.05) is 0 Å². The molecule has 2 N–H and O–H groups in total. The van der Waals surface area contributed by atoms with E-state index in [0.29, 0.717) is 12.8 Å². The smallest absolute Gasteiger partial charge is 0.471 e. The van der Waals surface area contributed by atoms with E-state index in [4.69, 9.17) is 5.11 Å². The van der Waals surface area contributed by atoms with Crippen LogP contribution in [0.1, 0.15) is 30.9 Å². The molecule has 0 fully saturated rings. The molecule has 0 spiro atoms. The zero-order chi connectivity index (χ0) is 16.8. The topological polar surface area (TPSA) is 66.4 Å². The van der Waals surface area contributed by atoms with Crippen molar-refractivity contribution in [2.24, 2.45) is 0 Å². The third-order valence-electron chi connectivity index (χ3n) is 3.12. The molecule has 1 aromatic carbocycles. The van der Waals surface area contributed by atoms with Crippen LogP contribution in [0.3, 0.4) is 0 Å². The number of hydrogen-bond donors (Lipinski definition) is 2. The van der Waals surface area contributed by atoms with Crippen molar-refractivity contribution in [1.29, 1.82) is 0 Å². The Kier molecular flexibility index (Phi) is 6.39. The number of aryl methyl sites for hydroxylation is 1. The lowest BCUT2D eigenvalue weighted by Crippen LogP contribution is -2.42. The molecule has 1 atom stereocenters. The molecule has 0 saturated carbocycles. The molecule has 0 saturated heterocycles. The largest absolute Gasteiger partial charge is 0.481 e. The lowest BCUT2D eigenvalue weighted by molar-refractivity contribution is -0.174. The van der Waals surface area contributed by atoms with Crippen LogP contribution in [-0.4, -0.2) is 29.2 Å². The highest BCUT2D eigenvalue weighted by Gasteiger charge is 2.39. The monoisotopic (exact) mass is 317 g/mol. The number of hydrogen-bond acceptors (Lipinski definition) is 2. The molecule has 0 radical (unpaired) electrons. The molecule has 4 nitrogen and oxygen atoms in total. The van der Waals surface area contributed by atoms with Crippen LogP contribution in [0.15, 0.2) is 24.3 Å². The Labute approximate surface area is 126 Å². The van der Waals surface area contributed by atoms with Gasteiger partial charge in [0.25, 0.3) is 0 Å². The molecule has 0 aromatic heterocycles. The first kappa shape index (κ1) is 18.0. The minimum atomic E-state index is -4.89. The molecule has 0 aliphatic rings. The summed E-state index contributed by atoms with van der Waals surface area (Å²) in [6, 6.07) is 6.46. The maximum Gasteiger partial charge on any atom is 0.471 e. The Hall–Kier alpha value is -2.05. The predicted molar refractivity (Wildman–Crippen MR) is 74.4 cm³/mol. The number of nitrogens with one attached hydrogen (secondary N) is 1. The van der Waals surface area contributed by atoms with Crippen LogP contribution in [0.4, 0.5) is 13.2 Å². The number of amides is 1. The number of halogens is 3. The third kappa shape index (κ3) is 6.15. The molecule has 1 amide bonds. The van der Waals surface area contributed by atoms with E-state index in [9.17, 15) is 22.8 Å². The number of alkyl halides is 3. The van der Waals surface area contributed by atoms with Gasteiger partial charge in [-0.15, -0.1) is 0 Å². The molecule has 0 aliphatic carbocycles. The van der Waals surface area contributed by atoms with Crippen molar-refractivity contribution in [3.63, 3.8) is 0 Å². The lowest BCUT2D eigenvalue weighted by atomic mass is 9.97. The van der Waals surface area contributed by atoms with Crippen LogP contribution >= 0.6 is 0 Å². The first-order valence-electron chi connectivity index (χ1n) is 6.86. The highest BCUT2D eigenvalue weighted by atomic mass is 19.4. The van der Waals surface area contributed by atoms with Gasteiger partial charge in [0.2, 0.25) is 0 Å². The van der Waals surface area contributed by atoms with Gasteiger partial charge in [0, 0.05) is 12.5 Å². The van der Waals surface area contributed by atoms with E-state index in [1.54, 1.807) is 18.2 Å². The van der Waals surface area contributed by atoms with E-state index in [2.05, 4.69) is 0 Å². The summed E-state index contributed by atoms with van der Waals surface area (Å²) in [5, 5.41) is 10.5. The fraction of sp³-hybridized carbons (Fsp3) is 0.467. The van der Waals surface area contributed by atoms with Crippen molar-refractivity contribution >= 4 is 11.9 Å². The predicted octanol–water partition coefficient (Wildman–Crippen LogP) is 2.70. The SMILES string of the molecule is CC(Cc1ccccc1CCCC(=O)O)NC(=O)C(F)(F)F. The van der Waals surface area contributed by atoms with Gasteiger partial charge in [0.05, 0.1) is 0 Å². The maximum absolute atomic E-state index is 12.2. The number of carboxylic acids is 1. The van der Waals surface area contributed by atoms with Gasteiger partial charge >= 0.3 is 18.1 Å². The Morgan fingerprint density at radius 3 is 2.36 bits per heavy atom. The molecule has 0 bridgehead atoms. The van der Waals surface area contributed by atoms with Crippen LogP contribution in [0, 0.1) is 0 Å². The van der Waals surface area contributed by atoms with Crippen LogP contribution in [-0.2, 0) is 22.4 Å². The molecule has 122 valence electrons. The van der Waals surface area contributed by atoms with Crippen LogP contribution in [0.25, 0.3) is 0 Å². The summed E-state index contributed by atoms with van der Waals surface area (Å²) in [5.41, 5.74) is 1.69. The van der Waals surface area contributed by atoms with E-state index in [1.165, 1.54) is 6.92 Å². The fourth-order valence-corrected chi connectivity index (χ4v) is 2.12. The zero-order valence-corrected chi connectivity index (χ0v) is 12.1. The molecule has 1 unspecified atom stereocenters. The minimum Gasteiger partial charge on any atom is -0.481 e. The first-order chi connectivity index (χ1) is 10.2. The standard InChI is InChI=1S/C15H18F3NO3/c1-10(19-14(22)15(16,17)18)9-12-6-3-2-5-11(12)7-4-8-13(20)21/h2-3,5-6,10H,4,7-9H2,1H3,(H,19,22)(H,20,21). The molecule has 7 heteroatoms. The Morgan fingerprint density at radius 1 is 1.23 bits per heavy atom. The van der Waals surface area contributed by atoms with Crippen LogP contribution < -0.4 is 5.32 Å². The van der Waals surface area contributed by atoms with Crippen molar-refractivity contribution < 1.29 is 27.9 Å². The molecule has 1 aromatic rings. The van der Waals surface area contributed by atoms with Crippen molar-refractivity contribution in [2.45, 2.75) is 44.8 Å². The summed E-state index contributed by atoms with van der Waals surface area (Å²) < 4.78 is 36.6. The second kappa shape index (κ2) is 7.82. The van der Waals surface area contributed by atoms with E-state index in [0.717, 1.165) is 11.1 Å². The number of benzene rings is 1. The third-order valence-corrected chi connectivity index (χ3v) is 3.12. The highest BCUT2D eigenvalue weighted by molar-refractivity contribution is 5.81. The van der Waals surface area contributed by atoms with Crippen LogP contribution in [0.2, 0.25) is 0 Å². The van der Waals surface area contributed by atoms with Gasteiger partial charge in [0.1, 0.15) is 0 Å². The summed E-state index contributed by atoms with van der Waals surface area (Å²) in [6.07, 6.45) is -3.62. The molecular formula is C15H18F3NO3. The summed E-state index contributed by atoms with van der Waals surface area (Å²) in [4.78, 5) is 21.4. The van der Waals surface area contributed by atoms with Crippen molar-refractivity contribution in [3.05, 3.63) is 35.4 Å². The zero-order valence-electron chi connectivity index (χ0n) is 12.1. The van der Waals surface area contributed by atoms with Gasteiger partial charge in [-0.1, -0.05) is 24.3 Å². The Morgan fingerprint density at radius 2 is 1.82 bits per heavy atom. The van der Waals surface area contributed by atoms with Crippen molar-refractivity contribution in [3.8, 4) is 0 Å². The van der Waals surface area contributed by atoms with Gasteiger partial charge in [0.15, 0.2) is 0 Å². The highest BCUT2D eigenvalue weighted by Crippen LogP contribution is 2.17. The number of carbonyl (C=O) groups excluding carboxylic acids is 1. The second-order valence-corrected chi connectivity index (χ2v) is 5.09. The molecule has 22 heavy (non-hydrogen) atoms. The van der Waals surface area contributed by atoms with Gasteiger partial charge in [-0.3, -0.25) is 9.59 Å². The van der Waals surface area contributed by atoms with Gasteiger partial charge < -0.3 is 10.4 Å².